The van der Waals surface area contributed by atoms with Crippen molar-refractivity contribution in [2.24, 2.45) is 0 Å². The molecule has 2 rings (SSSR count). The number of carbonyl (C=O) groups excluding carboxylic acids is 2. The summed E-state index contributed by atoms with van der Waals surface area (Å²) in [6, 6.07) is 18.0. The van der Waals surface area contributed by atoms with E-state index in [1.54, 1.807) is 0 Å². The number of nitrogens with zero attached hydrogens (tertiary/aromatic N) is 1. The molecule has 0 saturated carbocycles. The van der Waals surface area contributed by atoms with Crippen molar-refractivity contribution in [2.45, 2.75) is 116 Å². The number of hydrogen-bond acceptors (Lipinski definition) is 7. The normalized spacial score (nSPS) is 13.8. The highest BCUT2D eigenvalue weighted by Gasteiger charge is 2.27. The lowest BCUT2D eigenvalue weighted by molar-refractivity contribution is -0.870. The highest BCUT2D eigenvalue weighted by molar-refractivity contribution is 7.47. The third kappa shape index (κ3) is 27.0. The van der Waals surface area contributed by atoms with Gasteiger partial charge in [-0.1, -0.05) is 175 Å². The minimum Gasteiger partial charge on any atom is -0.462 e. The van der Waals surface area contributed by atoms with Crippen molar-refractivity contribution >= 4 is 31.9 Å². The van der Waals surface area contributed by atoms with Gasteiger partial charge < -0.3 is 18.9 Å². The molecule has 9 nitrogen and oxygen atoms in total. The number of esters is 2. The predicted octanol–water partition coefficient (Wildman–Crippen LogP) is 10.7. The summed E-state index contributed by atoms with van der Waals surface area (Å²) in [5.41, 5.74) is 3.13. The zero-order valence-corrected chi connectivity index (χ0v) is 35.0. The number of phosphoric ester groups is 1. The summed E-state index contributed by atoms with van der Waals surface area (Å²) in [7, 11) is 1.39. The number of rotatable bonds is 31. The first-order valence-electron chi connectivity index (χ1n) is 20.4. The minimum atomic E-state index is -4.42. The van der Waals surface area contributed by atoms with Gasteiger partial charge in [-0.3, -0.25) is 18.6 Å². The molecule has 1 N–H and O–H groups in total. The Morgan fingerprint density at radius 2 is 1.22 bits per heavy atom. The second kappa shape index (κ2) is 29.0. The second-order valence-corrected chi connectivity index (χ2v) is 16.6. The monoisotopic (exact) mass is 782 g/mol. The van der Waals surface area contributed by atoms with E-state index in [9.17, 15) is 19.0 Å². The largest absolute Gasteiger partial charge is 0.472 e. The van der Waals surface area contributed by atoms with Crippen LogP contribution in [0.3, 0.4) is 0 Å². The van der Waals surface area contributed by atoms with Gasteiger partial charge in [-0.15, -0.1) is 0 Å². The summed E-state index contributed by atoms with van der Waals surface area (Å²) in [6.07, 6.45) is 27.4. The van der Waals surface area contributed by atoms with Crippen molar-refractivity contribution in [1.82, 2.24) is 0 Å². The number of quaternary nitrogens is 1. The molecule has 0 aliphatic carbocycles. The van der Waals surface area contributed by atoms with Crippen LogP contribution in [0.15, 0.2) is 78.9 Å². The van der Waals surface area contributed by atoms with Crippen molar-refractivity contribution in [1.29, 1.82) is 0 Å². The first-order valence-corrected chi connectivity index (χ1v) is 21.9. The highest BCUT2D eigenvalue weighted by Crippen LogP contribution is 2.43. The molecule has 306 valence electrons. The lowest BCUT2D eigenvalue weighted by Gasteiger charge is -2.24. The van der Waals surface area contributed by atoms with Gasteiger partial charge in [0.05, 0.1) is 27.7 Å². The molecule has 0 aliphatic rings. The zero-order chi connectivity index (χ0) is 40.0. The van der Waals surface area contributed by atoms with Crippen LogP contribution in [0.2, 0.25) is 0 Å². The molecule has 0 fully saturated rings. The third-order valence-electron chi connectivity index (χ3n) is 8.96. The van der Waals surface area contributed by atoms with Crippen LogP contribution in [-0.4, -0.2) is 74.9 Å². The van der Waals surface area contributed by atoms with Gasteiger partial charge in [-0.2, -0.15) is 0 Å². The number of allylic oxidation sites excluding steroid dienone is 4. The average molecular weight is 783 g/mol. The summed E-state index contributed by atoms with van der Waals surface area (Å²) in [6.45, 7) is 2.01. The van der Waals surface area contributed by atoms with Gasteiger partial charge in [-0.05, 0) is 29.5 Å². The van der Waals surface area contributed by atoms with Gasteiger partial charge in [0.25, 0.3) is 0 Å². The molecule has 0 saturated heterocycles. The highest BCUT2D eigenvalue weighted by atomic mass is 31.2. The van der Waals surface area contributed by atoms with Crippen LogP contribution in [-0.2, 0) is 39.1 Å². The van der Waals surface area contributed by atoms with Crippen LogP contribution in [0, 0.1) is 0 Å². The van der Waals surface area contributed by atoms with Crippen molar-refractivity contribution in [3.05, 3.63) is 95.6 Å². The summed E-state index contributed by atoms with van der Waals surface area (Å²) in [4.78, 5) is 35.6. The van der Waals surface area contributed by atoms with E-state index in [0.717, 1.165) is 36.0 Å². The molecule has 0 radical (unpaired) electrons. The number of aryl methyl sites for hydroxylation is 1. The Balaban J connectivity index is 1.77. The molecular formula is C45H69NO8P+. The Kier molecular flexibility index (Phi) is 25.2. The number of benzene rings is 2. The van der Waals surface area contributed by atoms with Crippen LogP contribution in [0.4, 0.5) is 0 Å². The Morgan fingerprint density at radius 1 is 0.673 bits per heavy atom. The lowest BCUT2D eigenvalue weighted by atomic mass is 10.0. The van der Waals surface area contributed by atoms with E-state index < -0.39 is 32.5 Å². The number of ether oxygens (including phenoxy) is 2. The topological polar surface area (TPSA) is 108 Å². The summed E-state index contributed by atoms with van der Waals surface area (Å²) in [5.74, 6) is -0.929. The Labute approximate surface area is 332 Å². The van der Waals surface area contributed by atoms with Gasteiger partial charge >= 0.3 is 19.8 Å². The molecule has 55 heavy (non-hydrogen) atoms. The van der Waals surface area contributed by atoms with E-state index in [1.807, 2.05) is 112 Å². The molecule has 0 heterocycles. The molecule has 0 amide bonds. The molecule has 0 spiro atoms. The van der Waals surface area contributed by atoms with E-state index in [1.165, 1.54) is 64.2 Å². The van der Waals surface area contributed by atoms with Gasteiger partial charge in [0.1, 0.15) is 19.8 Å². The van der Waals surface area contributed by atoms with E-state index in [0.29, 0.717) is 17.4 Å². The number of hydrogen-bond donors (Lipinski definition) is 1. The van der Waals surface area contributed by atoms with Crippen LogP contribution in [0.5, 0.6) is 0 Å². The van der Waals surface area contributed by atoms with Gasteiger partial charge in [0.15, 0.2) is 6.10 Å². The van der Waals surface area contributed by atoms with Gasteiger partial charge in [-0.25, -0.2) is 4.57 Å². The Bertz CT molecular complexity index is 1450. The van der Waals surface area contributed by atoms with Crippen molar-refractivity contribution in [3.63, 3.8) is 0 Å². The SMILES string of the molecule is CCCCCCCCCCCCCCCC(=O)OCC(COP(=O)(O)OCC[N+](C)(C)C)OC(=O)CCc1ccc(/C=C/C=C/C=C/c2ccccc2)cc1. The maximum absolute atomic E-state index is 12.9. The smallest absolute Gasteiger partial charge is 0.462 e. The van der Waals surface area contributed by atoms with Crippen LogP contribution < -0.4 is 0 Å². The van der Waals surface area contributed by atoms with Gasteiger partial charge in [0.2, 0.25) is 0 Å². The van der Waals surface area contributed by atoms with E-state index >= 15 is 0 Å². The first kappa shape index (κ1) is 47.8. The van der Waals surface area contributed by atoms with Gasteiger partial charge in [0, 0.05) is 12.8 Å². The van der Waals surface area contributed by atoms with E-state index in [4.69, 9.17) is 18.5 Å². The maximum Gasteiger partial charge on any atom is 0.472 e. The fraction of sp³-hybridized carbons (Fsp3) is 0.556. The third-order valence-corrected chi connectivity index (χ3v) is 9.94. The van der Waals surface area contributed by atoms with Crippen LogP contribution in [0.1, 0.15) is 120 Å². The predicted molar refractivity (Wildman–Crippen MR) is 224 cm³/mol. The molecule has 2 aromatic carbocycles. The molecule has 0 bridgehead atoms. The summed E-state index contributed by atoms with van der Waals surface area (Å²) >= 11 is 0. The summed E-state index contributed by atoms with van der Waals surface area (Å²) in [5, 5.41) is 0. The average Bonchev–Trinajstić information content (AvgIpc) is 3.15. The second-order valence-electron chi connectivity index (χ2n) is 15.2. The Hall–Kier alpha value is -3.33. The van der Waals surface area contributed by atoms with E-state index in [-0.39, 0.29) is 26.1 Å². The maximum atomic E-state index is 12.9. The number of likely N-dealkylation sites (N-methyl/N-ethyl adjacent to an activating group) is 1. The quantitative estimate of drug-likeness (QED) is 0.0265. The minimum absolute atomic E-state index is 0.00717. The molecule has 2 atom stereocenters. The number of phosphoric acid groups is 1. The first-order chi connectivity index (χ1) is 26.5. The standard InChI is InChI=1S/C45H68NO8P/c1-5-6-7-8-9-10-11-12-13-14-15-16-24-29-44(47)51-38-43(39-53-55(49,50)52-37-36-46(2,3)4)54-45(48)35-34-42-32-30-41(31-33-42)28-21-18-17-20-25-40-26-22-19-23-27-40/h17-23,25-28,30-33,43H,5-16,24,29,34-39H2,1-4H3/p+1/b18-17+,25-20+,28-21+. The molecule has 10 heteroatoms. The molecule has 0 aliphatic heterocycles. The Morgan fingerprint density at radius 3 is 1.78 bits per heavy atom. The van der Waals surface area contributed by atoms with Crippen LogP contribution >= 0.6 is 7.82 Å². The zero-order valence-electron chi connectivity index (χ0n) is 34.1. The van der Waals surface area contributed by atoms with Crippen LogP contribution in [0.25, 0.3) is 12.2 Å². The number of carbonyl (C=O) groups is 2. The molecule has 0 aromatic heterocycles. The lowest BCUT2D eigenvalue weighted by Crippen LogP contribution is -2.37. The van der Waals surface area contributed by atoms with E-state index in [2.05, 4.69) is 6.92 Å². The van der Waals surface area contributed by atoms with Crippen molar-refractivity contribution in [3.8, 4) is 0 Å². The fourth-order valence-corrected chi connectivity index (χ4v) is 6.36. The number of unbranched alkanes of at least 4 members (excludes halogenated alkanes) is 12. The molecular weight excluding hydrogens is 713 g/mol. The molecule has 2 unspecified atom stereocenters. The molecule has 2 aromatic rings. The van der Waals surface area contributed by atoms with Crippen molar-refractivity contribution < 1.29 is 42.1 Å². The fourth-order valence-electron chi connectivity index (χ4n) is 5.62. The van der Waals surface area contributed by atoms with Crippen molar-refractivity contribution in [2.75, 3.05) is 47.5 Å². The summed E-state index contributed by atoms with van der Waals surface area (Å²) < 4.78 is 34.3.